The van der Waals surface area contributed by atoms with Crippen molar-refractivity contribution in [3.05, 3.63) is 62.6 Å². The Morgan fingerprint density at radius 1 is 1.05 bits per heavy atom. The maximum Gasteiger partial charge on any atom is 0.151 e. The molecule has 0 unspecified atom stereocenters. The van der Waals surface area contributed by atoms with Gasteiger partial charge in [0.2, 0.25) is 0 Å². The van der Waals surface area contributed by atoms with Gasteiger partial charge in [-0.05, 0) is 25.1 Å². The van der Waals surface area contributed by atoms with E-state index in [1.807, 2.05) is 0 Å². The SMILES string of the molecule is C/C(=N/Nc1ccc(F)cc1F)c1ccc(Cl)c(Cl)c1Cl. The van der Waals surface area contributed by atoms with E-state index >= 15 is 0 Å². The van der Waals surface area contributed by atoms with Crippen molar-refractivity contribution < 1.29 is 8.78 Å². The van der Waals surface area contributed by atoms with Crippen LogP contribution in [-0.2, 0) is 0 Å². The van der Waals surface area contributed by atoms with Crippen molar-refractivity contribution >= 4 is 46.2 Å². The zero-order valence-electron chi connectivity index (χ0n) is 10.7. The molecule has 0 bridgehead atoms. The van der Waals surface area contributed by atoms with Gasteiger partial charge >= 0.3 is 0 Å². The molecule has 2 nitrogen and oxygen atoms in total. The summed E-state index contributed by atoms with van der Waals surface area (Å²) in [5.74, 6) is -1.40. The van der Waals surface area contributed by atoms with Crippen LogP contribution in [0.15, 0.2) is 35.4 Å². The van der Waals surface area contributed by atoms with E-state index in [0.29, 0.717) is 16.3 Å². The van der Waals surface area contributed by atoms with Crippen LogP contribution in [0.2, 0.25) is 15.1 Å². The lowest BCUT2D eigenvalue weighted by Crippen LogP contribution is -2.02. The van der Waals surface area contributed by atoms with Crippen LogP contribution in [0.25, 0.3) is 0 Å². The molecule has 0 atom stereocenters. The average Bonchev–Trinajstić information content (AvgIpc) is 2.43. The van der Waals surface area contributed by atoms with E-state index in [4.69, 9.17) is 34.8 Å². The molecule has 110 valence electrons. The van der Waals surface area contributed by atoms with Gasteiger partial charge in [-0.15, -0.1) is 0 Å². The Morgan fingerprint density at radius 2 is 1.76 bits per heavy atom. The highest BCUT2D eigenvalue weighted by Gasteiger charge is 2.11. The molecule has 0 spiro atoms. The third-order valence-corrected chi connectivity index (χ3v) is 3.99. The van der Waals surface area contributed by atoms with E-state index in [0.717, 1.165) is 12.1 Å². The highest BCUT2D eigenvalue weighted by molar-refractivity contribution is 6.49. The molecule has 2 rings (SSSR count). The van der Waals surface area contributed by atoms with Gasteiger partial charge in [0.15, 0.2) is 5.82 Å². The first kappa shape index (κ1) is 16.0. The van der Waals surface area contributed by atoms with Gasteiger partial charge in [-0.25, -0.2) is 8.78 Å². The Bertz CT molecular complexity index is 718. The molecule has 0 aliphatic rings. The molecule has 0 aromatic heterocycles. The Balaban J connectivity index is 2.28. The van der Waals surface area contributed by atoms with Gasteiger partial charge in [0, 0.05) is 11.6 Å². The summed E-state index contributed by atoms with van der Waals surface area (Å²) in [5.41, 5.74) is 3.59. The van der Waals surface area contributed by atoms with Crippen LogP contribution in [0.4, 0.5) is 14.5 Å². The number of anilines is 1. The zero-order valence-corrected chi connectivity index (χ0v) is 13.0. The predicted octanol–water partition coefficient (Wildman–Crippen LogP) is 5.76. The van der Waals surface area contributed by atoms with E-state index in [1.54, 1.807) is 19.1 Å². The minimum Gasteiger partial charge on any atom is -0.275 e. The quantitative estimate of drug-likeness (QED) is 0.425. The van der Waals surface area contributed by atoms with E-state index < -0.39 is 11.6 Å². The Kier molecular flexibility index (Phi) is 5.04. The molecule has 1 N–H and O–H groups in total. The molecule has 0 saturated carbocycles. The second-order valence-corrected chi connectivity index (χ2v) is 5.32. The fraction of sp³-hybridized carbons (Fsp3) is 0.0714. The van der Waals surface area contributed by atoms with Crippen molar-refractivity contribution in [1.82, 2.24) is 0 Å². The van der Waals surface area contributed by atoms with Crippen LogP contribution in [0.5, 0.6) is 0 Å². The average molecular weight is 350 g/mol. The van der Waals surface area contributed by atoms with Crippen molar-refractivity contribution in [1.29, 1.82) is 0 Å². The summed E-state index contributed by atoms with van der Waals surface area (Å²) in [7, 11) is 0. The van der Waals surface area contributed by atoms with Crippen molar-refractivity contribution in [3.63, 3.8) is 0 Å². The van der Waals surface area contributed by atoms with Crippen molar-refractivity contribution in [2.24, 2.45) is 5.10 Å². The number of nitrogens with zero attached hydrogens (tertiary/aromatic N) is 1. The Hall–Kier alpha value is -1.36. The van der Waals surface area contributed by atoms with E-state index in [2.05, 4.69) is 10.5 Å². The standard InChI is InChI=1S/C14H9Cl3F2N2/c1-7(9-3-4-10(15)14(17)13(9)16)20-21-12-5-2-8(18)6-11(12)19/h2-6,21H,1H3/b20-7-. The number of rotatable bonds is 3. The summed E-state index contributed by atoms with van der Waals surface area (Å²) in [6.07, 6.45) is 0. The van der Waals surface area contributed by atoms with E-state index in [1.165, 1.54) is 6.07 Å². The zero-order chi connectivity index (χ0) is 15.6. The molecular weight excluding hydrogens is 341 g/mol. The molecule has 0 heterocycles. The minimum atomic E-state index is -0.744. The third kappa shape index (κ3) is 3.64. The number of nitrogens with one attached hydrogen (secondary N) is 1. The number of hydrazone groups is 1. The summed E-state index contributed by atoms with van der Waals surface area (Å²) in [6.45, 7) is 1.67. The van der Waals surface area contributed by atoms with Crippen LogP contribution in [0, 0.1) is 11.6 Å². The van der Waals surface area contributed by atoms with Gasteiger partial charge < -0.3 is 0 Å². The summed E-state index contributed by atoms with van der Waals surface area (Å²) in [4.78, 5) is 0. The molecule has 0 saturated heterocycles. The lowest BCUT2D eigenvalue weighted by atomic mass is 10.1. The molecule has 0 radical (unpaired) electrons. The topological polar surface area (TPSA) is 24.4 Å². The molecular formula is C14H9Cl3F2N2. The van der Waals surface area contributed by atoms with Gasteiger partial charge in [-0.1, -0.05) is 40.9 Å². The normalized spacial score (nSPS) is 11.6. The Morgan fingerprint density at radius 3 is 2.43 bits per heavy atom. The first-order valence-corrected chi connectivity index (χ1v) is 6.92. The third-order valence-electron chi connectivity index (χ3n) is 2.70. The van der Waals surface area contributed by atoms with Gasteiger partial charge in [-0.2, -0.15) is 5.10 Å². The molecule has 0 aliphatic heterocycles. The Labute approximate surface area is 135 Å². The minimum absolute atomic E-state index is 0.0481. The highest BCUT2D eigenvalue weighted by atomic mass is 35.5. The molecule has 0 fully saturated rings. The summed E-state index contributed by atoms with van der Waals surface area (Å²) < 4.78 is 26.3. The molecule has 2 aromatic carbocycles. The molecule has 7 heteroatoms. The van der Waals surface area contributed by atoms with E-state index in [9.17, 15) is 8.78 Å². The second-order valence-electron chi connectivity index (χ2n) is 4.16. The smallest absolute Gasteiger partial charge is 0.151 e. The number of hydrogen-bond acceptors (Lipinski definition) is 2. The number of halogens is 5. The second kappa shape index (κ2) is 6.60. The summed E-state index contributed by atoms with van der Waals surface area (Å²) in [6, 6.07) is 6.38. The van der Waals surface area contributed by atoms with Crippen LogP contribution >= 0.6 is 34.8 Å². The predicted molar refractivity (Wildman–Crippen MR) is 83.7 cm³/mol. The van der Waals surface area contributed by atoms with Gasteiger partial charge in [0.25, 0.3) is 0 Å². The lowest BCUT2D eigenvalue weighted by Gasteiger charge is -2.08. The monoisotopic (exact) mass is 348 g/mol. The van der Waals surface area contributed by atoms with Gasteiger partial charge in [0.05, 0.1) is 26.5 Å². The summed E-state index contributed by atoms with van der Waals surface area (Å²) >= 11 is 17.9. The molecule has 21 heavy (non-hydrogen) atoms. The van der Waals surface area contributed by atoms with Crippen LogP contribution in [-0.4, -0.2) is 5.71 Å². The maximum absolute atomic E-state index is 13.5. The van der Waals surface area contributed by atoms with Gasteiger partial charge in [-0.3, -0.25) is 5.43 Å². The highest BCUT2D eigenvalue weighted by Crippen LogP contribution is 2.33. The van der Waals surface area contributed by atoms with Gasteiger partial charge in [0.1, 0.15) is 5.82 Å². The first-order valence-electron chi connectivity index (χ1n) is 5.79. The van der Waals surface area contributed by atoms with Crippen LogP contribution < -0.4 is 5.43 Å². The van der Waals surface area contributed by atoms with Crippen molar-refractivity contribution in [2.45, 2.75) is 6.92 Å². The molecule has 2 aromatic rings. The van der Waals surface area contributed by atoms with E-state index in [-0.39, 0.29) is 15.7 Å². The summed E-state index contributed by atoms with van der Waals surface area (Å²) in [5, 5.41) is 4.81. The van der Waals surface area contributed by atoms with Crippen molar-refractivity contribution in [3.8, 4) is 0 Å². The first-order chi connectivity index (χ1) is 9.90. The lowest BCUT2D eigenvalue weighted by molar-refractivity contribution is 0.585. The molecule has 0 amide bonds. The number of benzene rings is 2. The fourth-order valence-corrected chi connectivity index (χ4v) is 2.26. The number of hydrogen-bond donors (Lipinski definition) is 1. The van der Waals surface area contributed by atoms with Crippen LogP contribution in [0.3, 0.4) is 0 Å². The van der Waals surface area contributed by atoms with Crippen LogP contribution in [0.1, 0.15) is 12.5 Å². The largest absolute Gasteiger partial charge is 0.275 e. The molecule has 0 aliphatic carbocycles. The maximum atomic E-state index is 13.5. The fourth-order valence-electron chi connectivity index (χ4n) is 1.59. The van der Waals surface area contributed by atoms with Crippen molar-refractivity contribution in [2.75, 3.05) is 5.43 Å².